The van der Waals surface area contributed by atoms with E-state index in [9.17, 15) is 17.6 Å². The molecule has 8 nitrogen and oxygen atoms in total. The Bertz CT molecular complexity index is 1330. The summed E-state index contributed by atoms with van der Waals surface area (Å²) in [5.74, 6) is -0.597. The molecule has 0 atom stereocenters. The van der Waals surface area contributed by atoms with Gasteiger partial charge in [0.05, 0.1) is 25.3 Å². The normalized spacial score (nSPS) is 11.6. The fourth-order valence-corrected chi connectivity index (χ4v) is 4.47. The molecule has 0 bridgehead atoms. The van der Waals surface area contributed by atoms with E-state index in [1.807, 2.05) is 31.4 Å². The highest BCUT2D eigenvalue weighted by Crippen LogP contribution is 2.30. The van der Waals surface area contributed by atoms with Gasteiger partial charge in [0.1, 0.15) is 18.1 Å². The molecule has 34 heavy (non-hydrogen) atoms. The number of carbonyl (C=O) groups is 1. The van der Waals surface area contributed by atoms with Crippen LogP contribution in [-0.2, 0) is 14.8 Å². The number of aromatic nitrogens is 1. The summed E-state index contributed by atoms with van der Waals surface area (Å²) in [5.41, 5.74) is 6.79. The fraction of sp³-hybridized carbons (Fsp3) is 0.250. The number of carbonyl (C=O) groups excluding carboxylic acids is 1. The quantitative estimate of drug-likeness (QED) is 0.390. The van der Waals surface area contributed by atoms with Crippen LogP contribution in [0.5, 0.6) is 5.75 Å². The Morgan fingerprint density at radius 3 is 2.44 bits per heavy atom. The number of nitrogens with one attached hydrogen (secondary N) is 1. The molecule has 0 saturated heterocycles. The van der Waals surface area contributed by atoms with Gasteiger partial charge in [-0.3, -0.25) is 9.10 Å². The molecule has 0 aliphatic heterocycles. The maximum Gasteiger partial charge on any atom is 0.260 e. The first-order valence-corrected chi connectivity index (χ1v) is 12.2. The van der Waals surface area contributed by atoms with Crippen LogP contribution < -0.4 is 14.5 Å². The number of hydrogen-bond donors (Lipinski definition) is 1. The van der Waals surface area contributed by atoms with Crippen molar-refractivity contribution in [1.29, 1.82) is 0 Å². The molecule has 3 aromatic rings. The zero-order valence-electron chi connectivity index (χ0n) is 19.7. The maximum atomic E-state index is 13.3. The van der Waals surface area contributed by atoms with Gasteiger partial charge in [0.2, 0.25) is 10.0 Å². The summed E-state index contributed by atoms with van der Waals surface area (Å²) < 4.78 is 46.3. The van der Waals surface area contributed by atoms with Crippen LogP contribution in [-0.4, -0.2) is 45.0 Å². The molecule has 0 fully saturated rings. The molecule has 0 spiro atoms. The molecule has 0 aliphatic carbocycles. The Morgan fingerprint density at radius 2 is 1.82 bits per heavy atom. The molecule has 180 valence electrons. The molecule has 0 aliphatic rings. The van der Waals surface area contributed by atoms with Crippen LogP contribution in [0.1, 0.15) is 22.5 Å². The van der Waals surface area contributed by atoms with Crippen molar-refractivity contribution in [3.05, 3.63) is 76.9 Å². The Kier molecular flexibility index (Phi) is 7.41. The smallest absolute Gasteiger partial charge is 0.260 e. The first kappa shape index (κ1) is 25.0. The molecular formula is C24H27FN4O4S. The van der Waals surface area contributed by atoms with E-state index in [0.29, 0.717) is 5.75 Å². The lowest BCUT2D eigenvalue weighted by molar-refractivity contribution is -0.119. The topological polar surface area (TPSA) is 93.0 Å². The predicted octanol–water partition coefficient (Wildman–Crippen LogP) is 3.47. The van der Waals surface area contributed by atoms with Crippen LogP contribution in [0.3, 0.4) is 0 Å². The number of hydrazone groups is 1. The van der Waals surface area contributed by atoms with E-state index >= 15 is 0 Å². The highest BCUT2D eigenvalue weighted by molar-refractivity contribution is 7.92. The summed E-state index contributed by atoms with van der Waals surface area (Å²) >= 11 is 0. The van der Waals surface area contributed by atoms with Crippen molar-refractivity contribution in [2.24, 2.45) is 5.10 Å². The molecule has 1 aromatic heterocycles. The number of anilines is 1. The predicted molar refractivity (Wildman–Crippen MR) is 131 cm³/mol. The fourth-order valence-electron chi connectivity index (χ4n) is 3.62. The molecular weight excluding hydrogens is 459 g/mol. The van der Waals surface area contributed by atoms with Crippen LogP contribution >= 0.6 is 0 Å². The lowest BCUT2D eigenvalue weighted by Crippen LogP contribution is -2.39. The largest absolute Gasteiger partial charge is 0.495 e. The molecule has 2 aromatic carbocycles. The average molecular weight is 487 g/mol. The van der Waals surface area contributed by atoms with Gasteiger partial charge in [-0.15, -0.1) is 0 Å². The molecule has 0 saturated carbocycles. The number of ether oxygens (including phenoxy) is 1. The van der Waals surface area contributed by atoms with Crippen molar-refractivity contribution in [2.45, 2.75) is 20.8 Å². The number of amides is 1. The number of nitrogens with zero attached hydrogens (tertiary/aromatic N) is 3. The van der Waals surface area contributed by atoms with Gasteiger partial charge < -0.3 is 9.30 Å². The number of sulfonamides is 1. The molecule has 1 heterocycles. The third kappa shape index (κ3) is 5.63. The Hall–Kier alpha value is -3.66. The lowest BCUT2D eigenvalue weighted by atomic mass is 10.2. The summed E-state index contributed by atoms with van der Waals surface area (Å²) in [6.45, 7) is 5.14. The van der Waals surface area contributed by atoms with Crippen molar-refractivity contribution in [3.8, 4) is 11.4 Å². The highest BCUT2D eigenvalue weighted by atomic mass is 32.2. The Labute approximate surface area is 198 Å². The number of hydrogen-bond acceptors (Lipinski definition) is 5. The number of rotatable bonds is 8. The number of halogens is 1. The second kappa shape index (κ2) is 10.1. The Balaban J connectivity index is 1.78. The number of methoxy groups -OCH3 is 1. The van der Waals surface area contributed by atoms with E-state index < -0.39 is 22.5 Å². The minimum absolute atomic E-state index is 0.270. The lowest BCUT2D eigenvalue weighted by Gasteiger charge is -2.23. The van der Waals surface area contributed by atoms with E-state index in [2.05, 4.69) is 10.5 Å². The summed E-state index contributed by atoms with van der Waals surface area (Å²) in [5, 5.41) is 4.00. The van der Waals surface area contributed by atoms with Crippen LogP contribution in [0.15, 0.2) is 53.6 Å². The molecule has 3 rings (SSSR count). The zero-order valence-corrected chi connectivity index (χ0v) is 20.5. The minimum atomic E-state index is -3.77. The summed E-state index contributed by atoms with van der Waals surface area (Å²) in [7, 11) is -2.34. The third-order valence-electron chi connectivity index (χ3n) is 5.24. The van der Waals surface area contributed by atoms with E-state index in [1.165, 1.54) is 25.5 Å². The maximum absolute atomic E-state index is 13.3. The van der Waals surface area contributed by atoms with Crippen molar-refractivity contribution in [2.75, 3.05) is 24.2 Å². The van der Waals surface area contributed by atoms with Gasteiger partial charge in [0, 0.05) is 22.6 Å². The van der Waals surface area contributed by atoms with Crippen molar-refractivity contribution >= 4 is 27.8 Å². The number of aryl methyl sites for hydroxylation is 2. The van der Waals surface area contributed by atoms with Gasteiger partial charge in [-0.05, 0) is 68.8 Å². The van der Waals surface area contributed by atoms with Crippen LogP contribution in [0.25, 0.3) is 5.69 Å². The van der Waals surface area contributed by atoms with E-state index in [4.69, 9.17) is 4.74 Å². The zero-order chi connectivity index (χ0) is 25.0. The molecule has 1 amide bonds. The first-order valence-electron chi connectivity index (χ1n) is 10.4. The second-order valence-corrected chi connectivity index (χ2v) is 9.78. The van der Waals surface area contributed by atoms with E-state index in [-0.39, 0.29) is 11.5 Å². The van der Waals surface area contributed by atoms with Gasteiger partial charge >= 0.3 is 0 Å². The summed E-state index contributed by atoms with van der Waals surface area (Å²) in [4.78, 5) is 12.5. The standard InChI is InChI=1S/C24H27FN4O4S/c1-16-6-11-23(33-4)22(12-16)28(34(5,31)32)15-24(30)27-26-14-19-13-17(2)29(18(19)3)21-9-7-20(25)8-10-21/h6-14H,15H2,1-5H3,(H,27,30)/b26-14-. The van der Waals surface area contributed by atoms with Crippen LogP contribution in [0.4, 0.5) is 10.1 Å². The highest BCUT2D eigenvalue weighted by Gasteiger charge is 2.24. The molecule has 10 heteroatoms. The van der Waals surface area contributed by atoms with Gasteiger partial charge in [0.15, 0.2) is 0 Å². The van der Waals surface area contributed by atoms with Gasteiger partial charge in [-0.2, -0.15) is 5.10 Å². The van der Waals surface area contributed by atoms with Crippen molar-refractivity contribution in [1.82, 2.24) is 9.99 Å². The average Bonchev–Trinajstić information content (AvgIpc) is 3.05. The van der Waals surface area contributed by atoms with Crippen LogP contribution in [0, 0.1) is 26.6 Å². The van der Waals surface area contributed by atoms with Gasteiger partial charge in [0.25, 0.3) is 5.91 Å². The van der Waals surface area contributed by atoms with Crippen LogP contribution in [0.2, 0.25) is 0 Å². The molecule has 0 unspecified atom stereocenters. The van der Waals surface area contributed by atoms with Gasteiger partial charge in [-0.25, -0.2) is 18.2 Å². The molecule has 0 radical (unpaired) electrons. The SMILES string of the molecule is COc1ccc(C)cc1N(CC(=O)N/N=C\c1cc(C)n(-c2ccc(F)cc2)c1C)S(C)(=O)=O. The minimum Gasteiger partial charge on any atom is -0.495 e. The van der Waals surface area contributed by atoms with E-state index in [1.54, 1.807) is 30.3 Å². The molecule has 1 N–H and O–H groups in total. The Morgan fingerprint density at radius 1 is 1.15 bits per heavy atom. The monoisotopic (exact) mass is 486 g/mol. The van der Waals surface area contributed by atoms with Crippen molar-refractivity contribution < 1.29 is 22.3 Å². The van der Waals surface area contributed by atoms with E-state index in [0.717, 1.165) is 38.8 Å². The second-order valence-electron chi connectivity index (χ2n) is 7.88. The first-order chi connectivity index (χ1) is 16.0. The van der Waals surface area contributed by atoms with Crippen molar-refractivity contribution in [3.63, 3.8) is 0 Å². The third-order valence-corrected chi connectivity index (χ3v) is 6.37. The summed E-state index contributed by atoms with van der Waals surface area (Å²) in [6, 6.07) is 13.1. The summed E-state index contributed by atoms with van der Waals surface area (Å²) in [6.07, 6.45) is 2.51. The van der Waals surface area contributed by atoms with Gasteiger partial charge in [-0.1, -0.05) is 6.07 Å². The number of benzene rings is 2.